The van der Waals surface area contributed by atoms with Crippen molar-refractivity contribution in [1.29, 1.82) is 0 Å². The molecule has 0 fully saturated rings. The molecule has 0 bridgehead atoms. The minimum Gasteiger partial charge on any atom is -0.346 e. The van der Waals surface area contributed by atoms with Crippen LogP contribution in [-0.4, -0.2) is 15.2 Å². The molecule has 0 aliphatic heterocycles. The van der Waals surface area contributed by atoms with Crippen molar-refractivity contribution in [2.24, 2.45) is 0 Å². The van der Waals surface area contributed by atoms with Crippen LogP contribution in [0, 0.1) is 17.5 Å². The van der Waals surface area contributed by atoms with Crippen LogP contribution in [-0.2, 0) is 0 Å². The van der Waals surface area contributed by atoms with Gasteiger partial charge in [0.15, 0.2) is 23.3 Å². The highest BCUT2D eigenvalue weighted by atomic mass is 19.2. The van der Waals surface area contributed by atoms with E-state index in [2.05, 4.69) is 25.8 Å². The average molecular weight is 345 g/mol. The summed E-state index contributed by atoms with van der Waals surface area (Å²) in [5, 5.41) is 13.3. The summed E-state index contributed by atoms with van der Waals surface area (Å²) in [5.74, 6) is -3.79. The fraction of sp³-hybridized carbons (Fsp3) is 0.118. The molecule has 1 aromatic heterocycles. The lowest BCUT2D eigenvalue weighted by atomic mass is 10.1. The highest BCUT2D eigenvalue weighted by Gasteiger charge is 2.14. The summed E-state index contributed by atoms with van der Waals surface area (Å²) in [6.07, 6.45) is 1.25. The van der Waals surface area contributed by atoms with Crippen molar-refractivity contribution in [2.45, 2.75) is 13.0 Å². The van der Waals surface area contributed by atoms with Crippen molar-refractivity contribution < 1.29 is 13.2 Å². The van der Waals surface area contributed by atoms with Gasteiger partial charge in [-0.15, -0.1) is 5.10 Å². The number of aromatic nitrogens is 3. The van der Waals surface area contributed by atoms with Crippen LogP contribution in [0.15, 0.2) is 48.7 Å². The molecule has 2 N–H and O–H groups in total. The van der Waals surface area contributed by atoms with E-state index in [-0.39, 0.29) is 23.5 Å². The van der Waals surface area contributed by atoms with Gasteiger partial charge in [0.25, 0.3) is 0 Å². The fourth-order valence-corrected chi connectivity index (χ4v) is 2.20. The van der Waals surface area contributed by atoms with Crippen molar-refractivity contribution >= 4 is 17.5 Å². The van der Waals surface area contributed by atoms with Gasteiger partial charge in [-0.25, -0.2) is 13.2 Å². The third-order valence-electron chi connectivity index (χ3n) is 3.50. The van der Waals surface area contributed by atoms with Crippen LogP contribution in [0.4, 0.5) is 30.6 Å². The minimum absolute atomic E-state index is 0.0850. The minimum atomic E-state index is -1.55. The second-order valence-corrected chi connectivity index (χ2v) is 5.29. The Morgan fingerprint density at radius 1 is 0.960 bits per heavy atom. The zero-order valence-electron chi connectivity index (χ0n) is 13.2. The van der Waals surface area contributed by atoms with E-state index in [1.807, 2.05) is 37.3 Å². The highest BCUT2D eigenvalue weighted by Crippen LogP contribution is 2.23. The van der Waals surface area contributed by atoms with Crippen LogP contribution in [0.1, 0.15) is 18.5 Å². The first-order chi connectivity index (χ1) is 12.0. The van der Waals surface area contributed by atoms with Crippen molar-refractivity contribution in [3.63, 3.8) is 0 Å². The number of anilines is 3. The first-order valence-corrected chi connectivity index (χ1v) is 7.46. The molecule has 0 aliphatic rings. The Labute approximate surface area is 141 Å². The lowest BCUT2D eigenvalue weighted by Gasteiger charge is -2.14. The van der Waals surface area contributed by atoms with E-state index in [0.717, 1.165) is 17.7 Å². The van der Waals surface area contributed by atoms with Crippen molar-refractivity contribution in [3.8, 4) is 0 Å². The van der Waals surface area contributed by atoms with Crippen molar-refractivity contribution in [3.05, 3.63) is 71.7 Å². The third kappa shape index (κ3) is 3.85. The predicted molar refractivity (Wildman–Crippen MR) is 87.9 cm³/mol. The maximum absolute atomic E-state index is 13.7. The highest BCUT2D eigenvalue weighted by molar-refractivity contribution is 5.57. The molecule has 1 atom stereocenters. The largest absolute Gasteiger partial charge is 0.346 e. The number of hydrogen-bond acceptors (Lipinski definition) is 5. The molecule has 0 saturated heterocycles. The molecular weight excluding hydrogens is 331 g/mol. The van der Waals surface area contributed by atoms with E-state index >= 15 is 0 Å². The molecule has 3 aromatic rings. The lowest BCUT2D eigenvalue weighted by molar-refractivity contribution is 0.449. The molecule has 5 nitrogen and oxygen atoms in total. The second kappa shape index (κ2) is 7.16. The van der Waals surface area contributed by atoms with Gasteiger partial charge in [-0.1, -0.05) is 30.3 Å². The Morgan fingerprint density at radius 2 is 1.72 bits per heavy atom. The molecule has 2 aromatic carbocycles. The van der Waals surface area contributed by atoms with Gasteiger partial charge in [0.1, 0.15) is 0 Å². The summed E-state index contributed by atoms with van der Waals surface area (Å²) >= 11 is 0. The average Bonchev–Trinajstić information content (AvgIpc) is 2.63. The molecule has 1 heterocycles. The molecule has 0 aliphatic carbocycles. The SMILES string of the molecule is CC(Nc1nncc(Nc2ccc(F)c(F)c2F)n1)c1ccccc1. The summed E-state index contributed by atoms with van der Waals surface area (Å²) in [4.78, 5) is 4.15. The zero-order valence-corrected chi connectivity index (χ0v) is 13.2. The number of hydrogen-bond donors (Lipinski definition) is 2. The van der Waals surface area contributed by atoms with Gasteiger partial charge in [-0.05, 0) is 24.6 Å². The maximum atomic E-state index is 13.7. The van der Waals surface area contributed by atoms with Gasteiger partial charge in [0, 0.05) is 0 Å². The monoisotopic (exact) mass is 345 g/mol. The van der Waals surface area contributed by atoms with Crippen LogP contribution in [0.3, 0.4) is 0 Å². The first kappa shape index (κ1) is 16.7. The third-order valence-corrected chi connectivity index (χ3v) is 3.50. The van der Waals surface area contributed by atoms with Crippen molar-refractivity contribution in [1.82, 2.24) is 15.2 Å². The Hall–Kier alpha value is -3.16. The number of nitrogens with one attached hydrogen (secondary N) is 2. The van der Waals surface area contributed by atoms with Crippen LogP contribution in [0.5, 0.6) is 0 Å². The van der Waals surface area contributed by atoms with Gasteiger partial charge in [0.05, 0.1) is 17.9 Å². The predicted octanol–water partition coefficient (Wildman–Crippen LogP) is 4.21. The van der Waals surface area contributed by atoms with Gasteiger partial charge < -0.3 is 10.6 Å². The summed E-state index contributed by atoms with van der Waals surface area (Å²) < 4.78 is 40.0. The Kier molecular flexibility index (Phi) is 4.78. The summed E-state index contributed by atoms with van der Waals surface area (Å²) in [6.45, 7) is 1.92. The summed E-state index contributed by atoms with van der Waals surface area (Å²) in [6, 6.07) is 11.5. The molecule has 128 valence electrons. The molecule has 0 saturated carbocycles. The topological polar surface area (TPSA) is 62.7 Å². The van der Waals surface area contributed by atoms with E-state index in [4.69, 9.17) is 0 Å². The molecule has 0 spiro atoms. The number of nitrogens with zero attached hydrogens (tertiary/aromatic N) is 3. The molecule has 0 radical (unpaired) electrons. The van der Waals surface area contributed by atoms with Gasteiger partial charge >= 0.3 is 0 Å². The number of halogens is 3. The molecule has 0 amide bonds. The normalized spacial score (nSPS) is 11.8. The Balaban J connectivity index is 1.77. The molecule has 1 unspecified atom stereocenters. The van der Waals surface area contributed by atoms with Gasteiger partial charge in [-0.3, -0.25) is 0 Å². The maximum Gasteiger partial charge on any atom is 0.245 e. The molecule has 25 heavy (non-hydrogen) atoms. The van der Waals surface area contributed by atoms with Gasteiger partial charge in [-0.2, -0.15) is 10.1 Å². The molecular formula is C17H14F3N5. The number of benzene rings is 2. The van der Waals surface area contributed by atoms with Crippen molar-refractivity contribution in [2.75, 3.05) is 10.6 Å². The Morgan fingerprint density at radius 3 is 2.48 bits per heavy atom. The summed E-state index contributed by atoms with van der Waals surface area (Å²) in [7, 11) is 0. The van der Waals surface area contributed by atoms with Crippen LogP contribution < -0.4 is 10.6 Å². The van der Waals surface area contributed by atoms with Crippen LogP contribution in [0.25, 0.3) is 0 Å². The quantitative estimate of drug-likeness (QED) is 0.679. The number of rotatable bonds is 5. The van der Waals surface area contributed by atoms with E-state index in [0.29, 0.717) is 0 Å². The molecule has 8 heteroatoms. The summed E-state index contributed by atoms with van der Waals surface area (Å²) in [5.41, 5.74) is 0.776. The molecule has 3 rings (SSSR count). The van der Waals surface area contributed by atoms with Gasteiger partial charge in [0.2, 0.25) is 5.95 Å². The van der Waals surface area contributed by atoms with E-state index in [1.54, 1.807) is 0 Å². The van der Waals surface area contributed by atoms with E-state index in [9.17, 15) is 13.2 Å². The van der Waals surface area contributed by atoms with Crippen LogP contribution in [0.2, 0.25) is 0 Å². The first-order valence-electron chi connectivity index (χ1n) is 7.46. The second-order valence-electron chi connectivity index (χ2n) is 5.29. The standard InChI is InChI=1S/C17H14F3N5/c1-10(11-5-3-2-4-6-11)22-17-24-14(9-21-25-17)23-13-8-7-12(18)15(19)16(13)20/h2-10H,1H3,(H2,22,23,24,25). The zero-order chi connectivity index (χ0) is 17.8. The fourth-order valence-electron chi connectivity index (χ4n) is 2.20. The lowest BCUT2D eigenvalue weighted by Crippen LogP contribution is -2.11. The Bertz CT molecular complexity index is 873. The van der Waals surface area contributed by atoms with E-state index in [1.165, 1.54) is 6.20 Å². The van der Waals surface area contributed by atoms with Crippen LogP contribution >= 0.6 is 0 Å². The van der Waals surface area contributed by atoms with E-state index < -0.39 is 17.5 Å². The smallest absolute Gasteiger partial charge is 0.245 e.